The van der Waals surface area contributed by atoms with E-state index in [1.54, 1.807) is 20.2 Å². The van der Waals surface area contributed by atoms with Crippen LogP contribution in [0.3, 0.4) is 0 Å². The van der Waals surface area contributed by atoms with Crippen molar-refractivity contribution < 1.29 is 33.4 Å². The van der Waals surface area contributed by atoms with Gasteiger partial charge in [-0.05, 0) is 102 Å². The predicted molar refractivity (Wildman–Crippen MR) is 241 cm³/mol. The smallest absolute Gasteiger partial charge is 0.327 e. The van der Waals surface area contributed by atoms with Crippen molar-refractivity contribution in [2.45, 2.75) is 124 Å². The van der Waals surface area contributed by atoms with Crippen LogP contribution in [-0.2, 0) is 46.4 Å². The van der Waals surface area contributed by atoms with Crippen molar-refractivity contribution in [1.29, 1.82) is 0 Å². The fourth-order valence-corrected chi connectivity index (χ4v) is 11.0. The van der Waals surface area contributed by atoms with Crippen molar-refractivity contribution in [2.75, 3.05) is 33.4 Å². The molecule has 6 bridgehead atoms. The van der Waals surface area contributed by atoms with Gasteiger partial charge in [-0.25, -0.2) is 15.2 Å². The quantitative estimate of drug-likeness (QED) is 0.168. The summed E-state index contributed by atoms with van der Waals surface area (Å²) in [6.45, 7) is 18.0. The lowest BCUT2D eigenvalue weighted by Crippen LogP contribution is -2.66. The summed E-state index contributed by atoms with van der Waals surface area (Å²) < 4.78 is 20.8. The number of thiazole rings is 1. The van der Waals surface area contributed by atoms with E-state index in [4.69, 9.17) is 24.2 Å². The molecule has 8 rings (SSSR count). The van der Waals surface area contributed by atoms with E-state index in [9.17, 15) is 19.2 Å². The number of hydrogen-bond acceptors (Lipinski definition) is 11. The van der Waals surface area contributed by atoms with Crippen molar-refractivity contribution in [3.8, 4) is 22.5 Å². The maximum Gasteiger partial charge on any atom is 0.327 e. The highest BCUT2D eigenvalue weighted by Crippen LogP contribution is 2.49. The third-order valence-electron chi connectivity index (χ3n) is 13.8. The fraction of sp³-hybridized carbons (Fsp3) is 0.583. The molecule has 4 aromatic rings. The standard InChI is InChI=1S/C48H63N7O7S/c1-10-53-35-18-17-30-23-32(35)33(40(53)31-16-12-20-49-38(31)29(5)60-9)24-47(6,7)26-62-46(59)48(8)19-14-22-55(52-48)45(58)39(41(61-11-2)43-50-34(30)25-63-43)51-42(56)36-28(4)37(36)44(57)54-21-13-15-27(54)3/h12,16-18,20,23,25,27-29,36-37,39,41,52H,10-11,13-15,19,21-22,24,26H2,1-9H3,(H,51,56)/t27-,28-,29+,36-,37-,39?,41+,48-/m1/s1. The Morgan fingerprint density at radius 2 is 1.89 bits per heavy atom. The van der Waals surface area contributed by atoms with Gasteiger partial charge < -0.3 is 29.0 Å². The number of likely N-dealkylation sites (tertiary alicyclic amines) is 1. The van der Waals surface area contributed by atoms with Crippen molar-refractivity contribution in [1.82, 2.24) is 35.2 Å². The van der Waals surface area contributed by atoms with Gasteiger partial charge in [0.25, 0.3) is 5.91 Å². The van der Waals surface area contributed by atoms with Gasteiger partial charge in [0.1, 0.15) is 22.7 Å². The van der Waals surface area contributed by atoms with E-state index in [0.29, 0.717) is 49.6 Å². The highest BCUT2D eigenvalue weighted by molar-refractivity contribution is 7.10. The van der Waals surface area contributed by atoms with Crippen LogP contribution in [0.5, 0.6) is 0 Å². The van der Waals surface area contributed by atoms with Crippen LogP contribution in [0, 0.1) is 23.2 Å². The number of rotatable bonds is 9. The number of amides is 3. The first kappa shape index (κ1) is 44.9. The first-order chi connectivity index (χ1) is 30.1. The van der Waals surface area contributed by atoms with E-state index in [-0.39, 0.29) is 43.1 Å². The van der Waals surface area contributed by atoms with Gasteiger partial charge in [0, 0.05) is 78.4 Å². The highest BCUT2D eigenvalue weighted by Gasteiger charge is 2.58. The average molecular weight is 882 g/mol. The molecule has 1 unspecified atom stereocenters. The van der Waals surface area contributed by atoms with E-state index in [1.807, 2.05) is 37.1 Å². The van der Waals surface area contributed by atoms with Crippen LogP contribution < -0.4 is 10.7 Å². The van der Waals surface area contributed by atoms with Crippen LogP contribution in [-0.4, -0.2) is 99.2 Å². The van der Waals surface area contributed by atoms with Crippen molar-refractivity contribution >= 4 is 45.9 Å². The Hall–Kier alpha value is -4.70. The Bertz CT molecular complexity index is 2390. The number of benzene rings is 1. The number of carbonyl (C=O) groups is 4. The molecule has 2 saturated heterocycles. The van der Waals surface area contributed by atoms with Crippen LogP contribution in [0.4, 0.5) is 0 Å². The minimum absolute atomic E-state index is 0.00306. The van der Waals surface area contributed by atoms with Gasteiger partial charge in [-0.15, -0.1) is 11.3 Å². The van der Waals surface area contributed by atoms with Gasteiger partial charge in [0.15, 0.2) is 0 Å². The third-order valence-corrected chi connectivity index (χ3v) is 14.7. The number of nitrogens with one attached hydrogen (secondary N) is 2. The number of fused-ring (bicyclic) bond motifs is 6. The number of aromatic nitrogens is 3. The van der Waals surface area contributed by atoms with Gasteiger partial charge >= 0.3 is 5.97 Å². The minimum atomic E-state index is -1.23. The van der Waals surface area contributed by atoms with Gasteiger partial charge in [-0.1, -0.05) is 26.8 Å². The number of esters is 1. The number of nitrogens with zero attached hydrogens (tertiary/aromatic N) is 5. The number of cyclic esters (lactones) is 1. The normalized spacial score (nSPS) is 27.8. The Morgan fingerprint density at radius 1 is 1.10 bits per heavy atom. The Kier molecular flexibility index (Phi) is 12.6. The van der Waals surface area contributed by atoms with Gasteiger partial charge in [0.2, 0.25) is 11.8 Å². The van der Waals surface area contributed by atoms with Gasteiger partial charge in [0.05, 0.1) is 41.6 Å². The van der Waals surface area contributed by atoms with Gasteiger partial charge in [-0.2, -0.15) is 0 Å². The SMILES string of the molecule is CCO[C@@H]1c2nc(cs2)-c2ccc3c(c2)c(c(-c2cccnc2[C@H](C)OC)n3CC)CC(C)(C)COC(=O)[C@@]2(C)CCCN(N2)C(=O)C1NC(=O)[C@@H]1[C@@H](C)[C@H]1C(=O)N1CCC[C@H]1C. The minimum Gasteiger partial charge on any atom is -0.464 e. The molecular weight excluding hydrogens is 819 g/mol. The summed E-state index contributed by atoms with van der Waals surface area (Å²) in [5, 5.41) is 8.05. The zero-order chi connectivity index (χ0) is 45.0. The molecular formula is C48H63N7O7S. The van der Waals surface area contributed by atoms with Gasteiger partial charge in [-0.3, -0.25) is 24.4 Å². The predicted octanol–water partition coefficient (Wildman–Crippen LogP) is 7.02. The summed E-state index contributed by atoms with van der Waals surface area (Å²) in [5.74, 6) is -2.52. The number of aryl methyl sites for hydroxylation is 1. The lowest BCUT2D eigenvalue weighted by Gasteiger charge is -2.42. The molecule has 0 spiro atoms. The van der Waals surface area contributed by atoms with Crippen LogP contribution in [0.1, 0.15) is 110 Å². The molecule has 1 aliphatic carbocycles. The molecule has 15 heteroatoms. The fourth-order valence-electron chi connectivity index (χ4n) is 10.1. The first-order valence-corrected chi connectivity index (χ1v) is 23.6. The maximum absolute atomic E-state index is 14.9. The number of hydrazine groups is 1. The second-order valence-electron chi connectivity index (χ2n) is 18.9. The Balaban J connectivity index is 1.24. The summed E-state index contributed by atoms with van der Waals surface area (Å²) in [6.07, 6.45) is 4.00. The van der Waals surface area contributed by atoms with Crippen molar-refractivity contribution in [2.24, 2.45) is 23.2 Å². The summed E-state index contributed by atoms with van der Waals surface area (Å²) >= 11 is 1.37. The summed E-state index contributed by atoms with van der Waals surface area (Å²) in [4.78, 5) is 69.1. The molecule has 4 aliphatic rings. The van der Waals surface area contributed by atoms with Crippen molar-refractivity contribution in [3.63, 3.8) is 0 Å². The second-order valence-corrected chi connectivity index (χ2v) is 19.8. The number of ether oxygens (including phenoxy) is 3. The molecule has 63 heavy (non-hydrogen) atoms. The Labute approximate surface area is 374 Å². The average Bonchev–Trinajstić information content (AvgIpc) is 3.60. The zero-order valence-electron chi connectivity index (χ0n) is 38.2. The zero-order valence-corrected chi connectivity index (χ0v) is 39.0. The van der Waals surface area contributed by atoms with E-state index < -0.39 is 46.8 Å². The number of methoxy groups -OCH3 is 1. The molecule has 3 aromatic heterocycles. The number of hydrogen-bond donors (Lipinski definition) is 2. The van der Waals surface area contributed by atoms with Crippen LogP contribution in [0.2, 0.25) is 0 Å². The molecule has 1 saturated carbocycles. The van der Waals surface area contributed by atoms with Crippen LogP contribution in [0.25, 0.3) is 33.4 Å². The lowest BCUT2D eigenvalue weighted by molar-refractivity contribution is -0.163. The third kappa shape index (κ3) is 8.42. The second kappa shape index (κ2) is 17.7. The van der Waals surface area contributed by atoms with Crippen LogP contribution in [0.15, 0.2) is 41.9 Å². The Morgan fingerprint density at radius 3 is 2.60 bits per heavy atom. The van der Waals surface area contributed by atoms with E-state index in [0.717, 1.165) is 51.8 Å². The largest absolute Gasteiger partial charge is 0.464 e. The molecule has 2 N–H and O–H groups in total. The van der Waals surface area contributed by atoms with E-state index in [2.05, 4.69) is 67.3 Å². The lowest BCUT2D eigenvalue weighted by atomic mass is 9.84. The maximum atomic E-state index is 14.9. The molecule has 1 aromatic carbocycles. The summed E-state index contributed by atoms with van der Waals surface area (Å²) in [5.41, 5.74) is 8.09. The van der Waals surface area contributed by atoms with E-state index in [1.165, 1.54) is 16.3 Å². The molecule has 3 amide bonds. The van der Waals surface area contributed by atoms with Crippen LogP contribution >= 0.6 is 11.3 Å². The number of carbonyl (C=O) groups excluding carboxylic acids is 4. The number of pyridine rings is 1. The van der Waals surface area contributed by atoms with Crippen molar-refractivity contribution in [3.05, 3.63) is 58.2 Å². The highest BCUT2D eigenvalue weighted by atomic mass is 32.1. The molecule has 6 heterocycles. The molecule has 14 nitrogen and oxygen atoms in total. The summed E-state index contributed by atoms with van der Waals surface area (Å²) in [7, 11) is 1.69. The molecule has 8 atom stereocenters. The molecule has 3 fully saturated rings. The topological polar surface area (TPSA) is 157 Å². The molecule has 338 valence electrons. The molecule has 0 radical (unpaired) electrons. The van der Waals surface area contributed by atoms with E-state index >= 15 is 0 Å². The molecule has 3 aliphatic heterocycles. The summed E-state index contributed by atoms with van der Waals surface area (Å²) in [6, 6.07) is 9.35. The monoisotopic (exact) mass is 881 g/mol. The first-order valence-electron chi connectivity index (χ1n) is 22.7.